The molecule has 8 heteroatoms. The zero-order valence-corrected chi connectivity index (χ0v) is 15.3. The Labute approximate surface area is 161 Å². The van der Waals surface area contributed by atoms with E-state index in [0.717, 1.165) is 0 Å². The van der Waals surface area contributed by atoms with Crippen LogP contribution in [0.1, 0.15) is 17.4 Å². The van der Waals surface area contributed by atoms with Crippen LogP contribution < -0.4 is 4.74 Å². The van der Waals surface area contributed by atoms with E-state index in [0.29, 0.717) is 17.1 Å². The van der Waals surface area contributed by atoms with Gasteiger partial charge in [0, 0.05) is 12.1 Å². The zero-order chi connectivity index (χ0) is 20.1. The number of benzene rings is 1. The van der Waals surface area contributed by atoms with Crippen molar-refractivity contribution in [3.63, 3.8) is 0 Å². The van der Waals surface area contributed by atoms with Gasteiger partial charge in [-0.25, -0.2) is 0 Å². The van der Waals surface area contributed by atoms with Gasteiger partial charge in [0.25, 0.3) is 11.7 Å². The number of hydrogen-bond donors (Lipinski definition) is 2. The number of nitrogens with zero attached hydrogens (tertiary/aromatic N) is 1. The maximum atomic E-state index is 12.7. The van der Waals surface area contributed by atoms with E-state index in [9.17, 15) is 14.7 Å². The number of ether oxygens (including phenoxy) is 2. The number of Topliss-reactive ketones (excluding diaryl/α,β-unsaturated/α-hetero) is 1. The highest BCUT2D eigenvalue weighted by molar-refractivity contribution is 6.46. The lowest BCUT2D eigenvalue weighted by Crippen LogP contribution is -2.33. The van der Waals surface area contributed by atoms with Crippen LogP contribution in [0.4, 0.5) is 0 Å². The number of methoxy groups -OCH3 is 1. The van der Waals surface area contributed by atoms with Crippen molar-refractivity contribution in [3.8, 4) is 5.75 Å². The Balaban J connectivity index is 1.99. The number of rotatable bonds is 8. The molecule has 0 bridgehead atoms. The molecule has 1 aliphatic heterocycles. The van der Waals surface area contributed by atoms with Crippen molar-refractivity contribution in [1.82, 2.24) is 4.90 Å². The van der Waals surface area contributed by atoms with E-state index in [1.54, 1.807) is 36.4 Å². The molecule has 1 aromatic carbocycles. The van der Waals surface area contributed by atoms with E-state index in [4.69, 9.17) is 19.0 Å². The standard InChI is InChI=1S/C20H21NO7/c1-26-14-6-4-13(5-7-14)18(23)16-17(15-3-2-10-28-15)21(20(25)19(16)24)8-11-27-12-9-22/h2-7,10,17,22-23H,8-9,11-12H2,1H3/b18-16+. The molecule has 8 nitrogen and oxygen atoms in total. The number of hydrogen-bond acceptors (Lipinski definition) is 7. The van der Waals surface area contributed by atoms with Crippen molar-refractivity contribution >= 4 is 17.4 Å². The summed E-state index contributed by atoms with van der Waals surface area (Å²) < 4.78 is 15.8. The van der Waals surface area contributed by atoms with Crippen LogP contribution in [0.15, 0.2) is 52.7 Å². The lowest BCUT2D eigenvalue weighted by molar-refractivity contribution is -0.140. The number of ketones is 1. The van der Waals surface area contributed by atoms with Gasteiger partial charge in [-0.1, -0.05) is 0 Å². The Morgan fingerprint density at radius 3 is 2.54 bits per heavy atom. The van der Waals surface area contributed by atoms with Crippen molar-refractivity contribution in [2.75, 3.05) is 33.5 Å². The predicted octanol–water partition coefficient (Wildman–Crippen LogP) is 1.72. The van der Waals surface area contributed by atoms with Crippen molar-refractivity contribution in [3.05, 3.63) is 59.6 Å². The summed E-state index contributed by atoms with van der Waals surface area (Å²) in [5, 5.41) is 19.6. The largest absolute Gasteiger partial charge is 0.507 e. The SMILES string of the molecule is COc1ccc(/C(O)=C2\C(=O)C(=O)N(CCOCCO)C2c2ccco2)cc1. The van der Waals surface area contributed by atoms with Crippen molar-refractivity contribution in [1.29, 1.82) is 0 Å². The summed E-state index contributed by atoms with van der Waals surface area (Å²) in [6.07, 6.45) is 1.44. The van der Waals surface area contributed by atoms with Crippen LogP contribution in [0.25, 0.3) is 5.76 Å². The van der Waals surface area contributed by atoms with Gasteiger partial charge in [-0.2, -0.15) is 0 Å². The number of amides is 1. The second-order valence-electron chi connectivity index (χ2n) is 6.07. The van der Waals surface area contributed by atoms with Crippen LogP contribution in [0.3, 0.4) is 0 Å². The van der Waals surface area contributed by atoms with E-state index in [1.807, 2.05) is 0 Å². The first-order valence-electron chi connectivity index (χ1n) is 8.73. The third-order valence-corrected chi connectivity index (χ3v) is 4.43. The van der Waals surface area contributed by atoms with Crippen LogP contribution >= 0.6 is 0 Å². The number of carbonyl (C=O) groups excluding carboxylic acids is 2. The lowest BCUT2D eigenvalue weighted by atomic mass is 9.99. The molecule has 2 heterocycles. The molecule has 3 rings (SSSR count). The van der Waals surface area contributed by atoms with Gasteiger partial charge in [0.15, 0.2) is 0 Å². The maximum absolute atomic E-state index is 12.7. The van der Waals surface area contributed by atoms with Crippen LogP contribution in [0, 0.1) is 0 Å². The molecule has 1 aliphatic rings. The number of carbonyl (C=O) groups is 2. The molecular formula is C20H21NO7. The summed E-state index contributed by atoms with van der Waals surface area (Å²) in [7, 11) is 1.52. The Hall–Kier alpha value is -3.10. The Morgan fingerprint density at radius 1 is 1.18 bits per heavy atom. The highest BCUT2D eigenvalue weighted by Gasteiger charge is 2.47. The fourth-order valence-electron chi connectivity index (χ4n) is 3.09. The minimum absolute atomic E-state index is 0.0488. The molecule has 28 heavy (non-hydrogen) atoms. The van der Waals surface area contributed by atoms with E-state index in [-0.39, 0.29) is 37.7 Å². The Kier molecular flexibility index (Phi) is 6.13. The van der Waals surface area contributed by atoms with Gasteiger partial charge in [0.05, 0.1) is 38.8 Å². The zero-order valence-electron chi connectivity index (χ0n) is 15.3. The predicted molar refractivity (Wildman–Crippen MR) is 98.6 cm³/mol. The highest BCUT2D eigenvalue weighted by atomic mass is 16.5. The molecular weight excluding hydrogens is 366 g/mol. The van der Waals surface area contributed by atoms with Gasteiger partial charge >= 0.3 is 0 Å². The molecule has 0 aliphatic carbocycles. The fraction of sp³-hybridized carbons (Fsp3) is 0.300. The second-order valence-corrected chi connectivity index (χ2v) is 6.07. The van der Waals surface area contributed by atoms with Gasteiger partial charge in [0.1, 0.15) is 23.3 Å². The first-order valence-corrected chi connectivity index (χ1v) is 8.73. The Bertz CT molecular complexity index is 855. The minimum atomic E-state index is -0.866. The molecule has 1 fully saturated rings. The molecule has 0 spiro atoms. The Morgan fingerprint density at radius 2 is 1.93 bits per heavy atom. The first-order chi connectivity index (χ1) is 13.6. The summed E-state index contributed by atoms with van der Waals surface area (Å²) in [4.78, 5) is 26.6. The van der Waals surface area contributed by atoms with E-state index in [2.05, 4.69) is 0 Å². The molecule has 2 N–H and O–H groups in total. The number of likely N-dealkylation sites (tertiary alicyclic amines) is 1. The molecule has 0 radical (unpaired) electrons. The topological polar surface area (TPSA) is 109 Å². The molecule has 1 amide bonds. The van der Waals surface area contributed by atoms with E-state index in [1.165, 1.54) is 18.3 Å². The van der Waals surface area contributed by atoms with Crippen LogP contribution in [0.5, 0.6) is 5.75 Å². The highest BCUT2D eigenvalue weighted by Crippen LogP contribution is 2.39. The van der Waals surface area contributed by atoms with E-state index < -0.39 is 17.7 Å². The molecule has 1 aromatic heterocycles. The van der Waals surface area contributed by atoms with Gasteiger partial charge in [0.2, 0.25) is 0 Å². The first kappa shape index (κ1) is 19.7. The van der Waals surface area contributed by atoms with Crippen molar-refractivity contribution in [2.24, 2.45) is 0 Å². The molecule has 1 atom stereocenters. The van der Waals surface area contributed by atoms with Gasteiger partial charge in [-0.15, -0.1) is 0 Å². The van der Waals surface area contributed by atoms with Gasteiger partial charge in [-0.3, -0.25) is 9.59 Å². The second kappa shape index (κ2) is 8.73. The van der Waals surface area contributed by atoms with Gasteiger partial charge < -0.3 is 29.0 Å². The third-order valence-electron chi connectivity index (χ3n) is 4.43. The monoisotopic (exact) mass is 387 g/mol. The fourth-order valence-corrected chi connectivity index (χ4v) is 3.09. The van der Waals surface area contributed by atoms with Crippen molar-refractivity contribution < 1.29 is 33.7 Å². The number of aliphatic hydroxyl groups excluding tert-OH is 2. The summed E-state index contributed by atoms with van der Waals surface area (Å²) >= 11 is 0. The molecule has 0 saturated carbocycles. The third kappa shape index (κ3) is 3.78. The maximum Gasteiger partial charge on any atom is 0.295 e. The minimum Gasteiger partial charge on any atom is -0.507 e. The summed E-state index contributed by atoms with van der Waals surface area (Å²) in [6, 6.07) is 8.92. The number of furan rings is 1. The molecule has 1 saturated heterocycles. The normalized spacial score (nSPS) is 18.6. The molecule has 1 unspecified atom stereocenters. The smallest absolute Gasteiger partial charge is 0.295 e. The number of aliphatic hydroxyl groups is 2. The molecule has 148 valence electrons. The summed E-state index contributed by atoms with van der Waals surface area (Å²) in [5.41, 5.74) is 0.333. The van der Waals surface area contributed by atoms with Crippen LogP contribution in [0.2, 0.25) is 0 Å². The molecule has 2 aromatic rings. The van der Waals surface area contributed by atoms with Crippen molar-refractivity contribution in [2.45, 2.75) is 6.04 Å². The average Bonchev–Trinajstić information content (AvgIpc) is 3.33. The lowest BCUT2D eigenvalue weighted by Gasteiger charge is -2.23. The summed E-state index contributed by atoms with van der Waals surface area (Å²) in [5.74, 6) is -0.876. The average molecular weight is 387 g/mol. The van der Waals surface area contributed by atoms with Gasteiger partial charge in [-0.05, 0) is 36.4 Å². The van der Waals surface area contributed by atoms with E-state index >= 15 is 0 Å². The van der Waals surface area contributed by atoms with Crippen LogP contribution in [-0.2, 0) is 14.3 Å². The quantitative estimate of drug-likeness (QED) is 0.307. The summed E-state index contributed by atoms with van der Waals surface area (Å²) in [6.45, 7) is 0.224. The van der Waals surface area contributed by atoms with Crippen LogP contribution in [-0.4, -0.2) is 60.3 Å².